The Morgan fingerprint density at radius 3 is 1.49 bits per heavy atom. The van der Waals surface area contributed by atoms with E-state index in [0.29, 0.717) is 0 Å². The van der Waals surface area contributed by atoms with E-state index in [4.69, 9.17) is 0 Å². The summed E-state index contributed by atoms with van der Waals surface area (Å²) in [5.74, 6) is 0.463. The molecule has 0 saturated heterocycles. The minimum absolute atomic E-state index is 0.214. The summed E-state index contributed by atoms with van der Waals surface area (Å²) in [6, 6.07) is 74.7. The van der Waals surface area contributed by atoms with Crippen molar-refractivity contribution in [2.75, 3.05) is 4.90 Å². The van der Waals surface area contributed by atoms with Crippen molar-refractivity contribution in [3.05, 3.63) is 241 Å². The van der Waals surface area contributed by atoms with Gasteiger partial charge < -0.3 is 9.47 Å². The predicted octanol–water partition coefficient (Wildman–Crippen LogP) is 15.7. The van der Waals surface area contributed by atoms with Gasteiger partial charge in [0.05, 0.1) is 11.2 Å². The molecule has 1 heterocycles. The molecule has 0 fully saturated rings. The van der Waals surface area contributed by atoms with Crippen LogP contribution >= 0.6 is 0 Å². The lowest BCUT2D eigenvalue weighted by Crippen LogP contribution is -2.13. The molecule has 0 spiro atoms. The summed E-state index contributed by atoms with van der Waals surface area (Å²) in [6.07, 6.45) is 6.67. The Bertz CT molecular complexity index is 2820. The molecule has 0 saturated carbocycles. The zero-order valence-corrected chi connectivity index (χ0v) is 33.1. The first-order valence-electron chi connectivity index (χ1n) is 20.5. The third kappa shape index (κ3) is 6.79. The van der Waals surface area contributed by atoms with Crippen LogP contribution in [-0.2, 0) is 0 Å². The number of benzene rings is 8. The second-order valence-electron chi connectivity index (χ2n) is 15.5. The maximum Gasteiger partial charge on any atom is 0.0538 e. The lowest BCUT2D eigenvalue weighted by atomic mass is 9.78. The summed E-state index contributed by atoms with van der Waals surface area (Å²) in [5, 5.41) is 1.30. The van der Waals surface area contributed by atoms with Crippen LogP contribution in [0.1, 0.15) is 41.1 Å². The van der Waals surface area contributed by atoms with Gasteiger partial charge in [0, 0.05) is 34.1 Å². The Balaban J connectivity index is 1.02. The van der Waals surface area contributed by atoms with E-state index in [0.717, 1.165) is 22.6 Å². The molecular weight excluding hydrogens is 713 g/mol. The molecule has 1 unspecified atom stereocenters. The van der Waals surface area contributed by atoms with Gasteiger partial charge in [0.1, 0.15) is 0 Å². The van der Waals surface area contributed by atoms with Gasteiger partial charge in [-0.1, -0.05) is 171 Å². The number of para-hydroxylation sites is 1. The number of fused-ring (bicyclic) bond motifs is 3. The summed E-state index contributed by atoms with van der Waals surface area (Å²) in [4.78, 5) is 2.36. The SMILES string of the molecule is C=Cc1ccc(-c2ccc3c(c2)c2c(n3-c3ccccc3)C=CC(c3ccc(N(c4ccc(-c5ccccc5)cc4)c4ccc(-c5ccccc5)cc4)cc3)[C@H]2C)cc1. The zero-order chi connectivity index (χ0) is 39.7. The summed E-state index contributed by atoms with van der Waals surface area (Å²) in [5.41, 5.74) is 18.1. The second-order valence-corrected chi connectivity index (χ2v) is 15.5. The molecule has 0 amide bonds. The van der Waals surface area contributed by atoms with Crippen LogP contribution in [0.3, 0.4) is 0 Å². The average Bonchev–Trinajstić information content (AvgIpc) is 3.65. The van der Waals surface area contributed by atoms with Crippen LogP contribution in [0, 0.1) is 0 Å². The molecule has 0 radical (unpaired) electrons. The van der Waals surface area contributed by atoms with Crippen LogP contribution in [-0.4, -0.2) is 4.57 Å². The van der Waals surface area contributed by atoms with E-state index >= 15 is 0 Å². The van der Waals surface area contributed by atoms with Crippen molar-refractivity contribution >= 4 is 40.1 Å². The molecule has 0 aliphatic heterocycles. The van der Waals surface area contributed by atoms with Gasteiger partial charge in [-0.3, -0.25) is 0 Å². The number of allylic oxidation sites excluding steroid dienone is 1. The Kier molecular flexibility index (Phi) is 9.44. The summed E-state index contributed by atoms with van der Waals surface area (Å²) < 4.78 is 2.44. The number of nitrogens with zero attached hydrogens (tertiary/aromatic N) is 2. The van der Waals surface area contributed by atoms with Crippen molar-refractivity contribution in [2.24, 2.45) is 0 Å². The monoisotopic (exact) mass is 756 g/mol. The first-order chi connectivity index (χ1) is 29.1. The normalized spacial score (nSPS) is 14.5. The van der Waals surface area contributed by atoms with E-state index in [1.165, 1.54) is 66.8 Å². The van der Waals surface area contributed by atoms with Crippen molar-refractivity contribution in [3.8, 4) is 39.1 Å². The van der Waals surface area contributed by atoms with E-state index in [2.05, 4.69) is 241 Å². The molecule has 282 valence electrons. The second kappa shape index (κ2) is 15.5. The quantitative estimate of drug-likeness (QED) is 0.142. The van der Waals surface area contributed by atoms with Gasteiger partial charge in [0.25, 0.3) is 0 Å². The van der Waals surface area contributed by atoms with Crippen molar-refractivity contribution < 1.29 is 0 Å². The third-order valence-electron chi connectivity index (χ3n) is 12.0. The van der Waals surface area contributed by atoms with Crippen LogP contribution in [0.2, 0.25) is 0 Å². The van der Waals surface area contributed by atoms with Crippen molar-refractivity contribution in [2.45, 2.75) is 18.8 Å². The van der Waals surface area contributed by atoms with Gasteiger partial charge in [-0.05, 0) is 123 Å². The largest absolute Gasteiger partial charge is 0.311 e. The summed E-state index contributed by atoms with van der Waals surface area (Å²) >= 11 is 0. The Morgan fingerprint density at radius 1 is 0.492 bits per heavy atom. The van der Waals surface area contributed by atoms with Gasteiger partial charge in [-0.2, -0.15) is 0 Å². The minimum atomic E-state index is 0.214. The number of hydrogen-bond donors (Lipinski definition) is 0. The molecule has 1 aliphatic carbocycles. The van der Waals surface area contributed by atoms with E-state index in [9.17, 15) is 0 Å². The molecule has 2 nitrogen and oxygen atoms in total. The summed E-state index contributed by atoms with van der Waals surface area (Å²) in [7, 11) is 0. The van der Waals surface area contributed by atoms with Gasteiger partial charge in [0.2, 0.25) is 0 Å². The molecule has 59 heavy (non-hydrogen) atoms. The average molecular weight is 757 g/mol. The lowest BCUT2D eigenvalue weighted by Gasteiger charge is -2.29. The molecule has 0 bridgehead atoms. The molecule has 2 heteroatoms. The van der Waals surface area contributed by atoms with E-state index in [-0.39, 0.29) is 11.8 Å². The van der Waals surface area contributed by atoms with Crippen LogP contribution in [0.5, 0.6) is 0 Å². The number of aromatic nitrogens is 1. The fourth-order valence-electron chi connectivity index (χ4n) is 8.93. The van der Waals surface area contributed by atoms with Crippen LogP contribution < -0.4 is 4.90 Å². The van der Waals surface area contributed by atoms with Crippen molar-refractivity contribution in [1.82, 2.24) is 4.57 Å². The zero-order valence-electron chi connectivity index (χ0n) is 33.1. The molecule has 8 aromatic carbocycles. The predicted molar refractivity (Wildman–Crippen MR) is 251 cm³/mol. The van der Waals surface area contributed by atoms with E-state index in [1.807, 2.05) is 6.08 Å². The molecule has 1 aromatic heterocycles. The Labute approximate surface area is 347 Å². The van der Waals surface area contributed by atoms with Crippen molar-refractivity contribution in [3.63, 3.8) is 0 Å². The van der Waals surface area contributed by atoms with Gasteiger partial charge in [-0.15, -0.1) is 0 Å². The molecule has 9 aromatic rings. The standard InChI is InChI=1S/C57H44N2/c1-3-41-19-21-46(22-20-41)48-29-37-55-54(39-48)57-40(2)53(36-38-56(57)59(55)49-17-11-6-12-18-49)47-27-34-52(35-28-47)58(50-30-23-44(24-31-50)42-13-7-4-8-14-42)51-32-25-45(26-33-51)43-15-9-5-10-16-43/h3-40,53H,1H2,2H3/t40-,53?/m1/s1. The van der Waals surface area contributed by atoms with Gasteiger partial charge in [0.15, 0.2) is 0 Å². The fraction of sp³-hybridized carbons (Fsp3) is 0.0526. The molecule has 2 atom stereocenters. The highest BCUT2D eigenvalue weighted by Gasteiger charge is 2.30. The first-order valence-corrected chi connectivity index (χ1v) is 20.5. The maximum absolute atomic E-state index is 3.95. The summed E-state index contributed by atoms with van der Waals surface area (Å²) in [6.45, 7) is 6.35. The van der Waals surface area contributed by atoms with Crippen molar-refractivity contribution in [1.29, 1.82) is 0 Å². The van der Waals surface area contributed by atoms with E-state index in [1.54, 1.807) is 0 Å². The maximum atomic E-state index is 3.95. The van der Waals surface area contributed by atoms with Crippen LogP contribution in [0.4, 0.5) is 17.1 Å². The molecule has 10 rings (SSSR count). The topological polar surface area (TPSA) is 8.17 Å². The Morgan fingerprint density at radius 2 is 0.949 bits per heavy atom. The third-order valence-corrected chi connectivity index (χ3v) is 12.0. The highest BCUT2D eigenvalue weighted by Crippen LogP contribution is 2.47. The minimum Gasteiger partial charge on any atom is -0.311 e. The fourth-order valence-corrected chi connectivity index (χ4v) is 8.93. The number of anilines is 3. The van der Waals surface area contributed by atoms with E-state index < -0.39 is 0 Å². The highest BCUT2D eigenvalue weighted by atomic mass is 15.1. The van der Waals surface area contributed by atoms with Gasteiger partial charge >= 0.3 is 0 Å². The molecule has 0 N–H and O–H groups in total. The lowest BCUT2D eigenvalue weighted by molar-refractivity contribution is 0.671. The molecule has 1 aliphatic rings. The number of hydrogen-bond acceptors (Lipinski definition) is 1. The number of rotatable bonds is 9. The van der Waals surface area contributed by atoms with Gasteiger partial charge in [-0.25, -0.2) is 0 Å². The highest BCUT2D eigenvalue weighted by molar-refractivity contribution is 5.95. The smallest absolute Gasteiger partial charge is 0.0538 e. The molecular formula is C57H44N2. The van der Waals surface area contributed by atoms with Crippen LogP contribution in [0.15, 0.2) is 219 Å². The Hall–Kier alpha value is -7.42. The van der Waals surface area contributed by atoms with Crippen LogP contribution in [0.25, 0.3) is 62.1 Å². The first kappa shape index (κ1) is 36.0.